The van der Waals surface area contributed by atoms with Gasteiger partial charge in [-0.3, -0.25) is 0 Å². The van der Waals surface area contributed by atoms with Crippen molar-refractivity contribution in [1.82, 2.24) is 15.6 Å². The molecule has 0 saturated heterocycles. The van der Waals surface area contributed by atoms with E-state index in [0.29, 0.717) is 30.5 Å². The molecule has 0 saturated carbocycles. The standard InChI is InChI=1S/C19H25F3N4OS.HI/c1-4-23-18(25-10-17-26-15(11-28-17)13(2)3)24-9-14-7-5-6-8-16(14)27-12-19(20,21)22;/h5-8,11,13H,4,9-10,12H2,1-3H3,(H2,23,24,25);1H. The molecule has 0 radical (unpaired) electrons. The van der Waals surface area contributed by atoms with E-state index < -0.39 is 12.8 Å². The summed E-state index contributed by atoms with van der Waals surface area (Å²) < 4.78 is 42.2. The van der Waals surface area contributed by atoms with Crippen molar-refractivity contribution in [3.8, 4) is 5.75 Å². The average Bonchev–Trinajstić information content (AvgIpc) is 3.12. The molecule has 0 bridgehead atoms. The maximum atomic E-state index is 12.4. The third-order valence-electron chi connectivity index (χ3n) is 3.68. The van der Waals surface area contributed by atoms with Gasteiger partial charge in [-0.15, -0.1) is 35.3 Å². The van der Waals surface area contributed by atoms with Crippen molar-refractivity contribution in [2.75, 3.05) is 13.2 Å². The summed E-state index contributed by atoms with van der Waals surface area (Å²) in [5.74, 6) is 1.12. The average molecular weight is 542 g/mol. The van der Waals surface area contributed by atoms with Crippen molar-refractivity contribution < 1.29 is 17.9 Å². The van der Waals surface area contributed by atoms with E-state index in [1.54, 1.807) is 29.5 Å². The van der Waals surface area contributed by atoms with Crippen LogP contribution < -0.4 is 15.4 Å². The van der Waals surface area contributed by atoms with Gasteiger partial charge < -0.3 is 15.4 Å². The molecule has 0 aliphatic rings. The van der Waals surface area contributed by atoms with Gasteiger partial charge in [0.05, 0.1) is 18.8 Å². The quantitative estimate of drug-likeness (QED) is 0.278. The van der Waals surface area contributed by atoms with Crippen LogP contribution in [0, 0.1) is 0 Å². The maximum Gasteiger partial charge on any atom is 0.422 e. The summed E-state index contributed by atoms with van der Waals surface area (Å²) >= 11 is 1.58. The third-order valence-corrected chi connectivity index (χ3v) is 4.55. The lowest BCUT2D eigenvalue weighted by Crippen LogP contribution is -2.36. The van der Waals surface area contributed by atoms with E-state index in [1.807, 2.05) is 12.3 Å². The number of hydrogen-bond acceptors (Lipinski definition) is 4. The summed E-state index contributed by atoms with van der Waals surface area (Å²) in [5.41, 5.74) is 1.64. The van der Waals surface area contributed by atoms with E-state index in [2.05, 4.69) is 34.5 Å². The van der Waals surface area contributed by atoms with Gasteiger partial charge in [0.2, 0.25) is 0 Å². The molecular weight excluding hydrogens is 516 g/mol. The molecule has 29 heavy (non-hydrogen) atoms. The first-order valence-corrected chi connectivity index (χ1v) is 9.90. The Hall–Kier alpha value is -1.56. The van der Waals surface area contributed by atoms with Gasteiger partial charge in [-0.2, -0.15) is 13.2 Å². The number of thiazole rings is 1. The molecular formula is C19H26F3IN4OS. The van der Waals surface area contributed by atoms with Crippen LogP contribution in [0.25, 0.3) is 0 Å². The van der Waals surface area contributed by atoms with Gasteiger partial charge in [0.25, 0.3) is 0 Å². The number of ether oxygens (including phenoxy) is 1. The zero-order valence-corrected chi connectivity index (χ0v) is 19.7. The normalized spacial score (nSPS) is 11.9. The molecule has 0 atom stereocenters. The number of aromatic nitrogens is 1. The molecule has 1 aromatic carbocycles. The number of guanidine groups is 1. The molecule has 0 amide bonds. The zero-order chi connectivity index (χ0) is 20.6. The molecule has 0 aliphatic carbocycles. The fourth-order valence-corrected chi connectivity index (χ4v) is 3.17. The SMILES string of the molecule is CCNC(=NCc1ccccc1OCC(F)(F)F)NCc1nc(C(C)C)cs1.I. The highest BCUT2D eigenvalue weighted by Crippen LogP contribution is 2.23. The molecule has 5 nitrogen and oxygen atoms in total. The van der Waals surface area contributed by atoms with Crippen LogP contribution in [0.5, 0.6) is 5.75 Å². The second-order valence-electron chi connectivity index (χ2n) is 6.38. The van der Waals surface area contributed by atoms with Gasteiger partial charge in [0.1, 0.15) is 10.8 Å². The van der Waals surface area contributed by atoms with E-state index in [-0.39, 0.29) is 36.3 Å². The zero-order valence-electron chi connectivity index (χ0n) is 16.5. The predicted octanol–water partition coefficient (Wildman–Crippen LogP) is 5.08. The van der Waals surface area contributed by atoms with Gasteiger partial charge in [-0.05, 0) is 18.9 Å². The fourth-order valence-electron chi connectivity index (χ4n) is 2.27. The third kappa shape index (κ3) is 9.20. The lowest BCUT2D eigenvalue weighted by molar-refractivity contribution is -0.153. The van der Waals surface area contributed by atoms with Crippen molar-refractivity contribution in [2.45, 2.75) is 46.0 Å². The summed E-state index contributed by atoms with van der Waals surface area (Å²) in [7, 11) is 0. The van der Waals surface area contributed by atoms with Gasteiger partial charge in [0.15, 0.2) is 12.6 Å². The van der Waals surface area contributed by atoms with E-state index in [0.717, 1.165) is 10.7 Å². The van der Waals surface area contributed by atoms with Crippen LogP contribution in [0.15, 0.2) is 34.6 Å². The molecule has 2 rings (SSSR count). The van der Waals surface area contributed by atoms with Crippen LogP contribution in [0.2, 0.25) is 0 Å². The van der Waals surface area contributed by atoms with E-state index in [4.69, 9.17) is 4.74 Å². The molecule has 0 aliphatic heterocycles. The molecule has 0 spiro atoms. The molecule has 2 N–H and O–H groups in total. The number of hydrogen-bond donors (Lipinski definition) is 2. The van der Waals surface area contributed by atoms with E-state index >= 15 is 0 Å². The number of nitrogens with one attached hydrogen (secondary N) is 2. The Morgan fingerprint density at radius 3 is 2.59 bits per heavy atom. The van der Waals surface area contributed by atoms with Gasteiger partial charge in [-0.1, -0.05) is 32.0 Å². The van der Waals surface area contributed by atoms with E-state index in [9.17, 15) is 13.2 Å². The van der Waals surface area contributed by atoms with Gasteiger partial charge in [0, 0.05) is 17.5 Å². The second kappa shape index (κ2) is 12.2. The summed E-state index contributed by atoms with van der Waals surface area (Å²) in [6.45, 7) is 6.18. The number of benzene rings is 1. The Morgan fingerprint density at radius 2 is 1.97 bits per heavy atom. The van der Waals surface area contributed by atoms with Crippen LogP contribution in [0.4, 0.5) is 13.2 Å². The van der Waals surface area contributed by atoms with Crippen LogP contribution in [0.1, 0.15) is 43.0 Å². The smallest absolute Gasteiger partial charge is 0.422 e. The summed E-state index contributed by atoms with van der Waals surface area (Å²) in [6.07, 6.45) is -4.38. The van der Waals surface area contributed by atoms with Gasteiger partial charge >= 0.3 is 6.18 Å². The van der Waals surface area contributed by atoms with Crippen molar-refractivity contribution in [3.63, 3.8) is 0 Å². The first kappa shape index (κ1) is 25.5. The Balaban J connectivity index is 0.00000420. The topological polar surface area (TPSA) is 58.5 Å². The summed E-state index contributed by atoms with van der Waals surface area (Å²) in [5, 5.41) is 9.31. The van der Waals surface area contributed by atoms with Crippen molar-refractivity contribution in [2.24, 2.45) is 4.99 Å². The Bertz CT molecular complexity index is 781. The Labute approximate surface area is 190 Å². The van der Waals surface area contributed by atoms with Crippen LogP contribution >= 0.6 is 35.3 Å². The highest BCUT2D eigenvalue weighted by atomic mass is 127. The lowest BCUT2D eigenvalue weighted by atomic mass is 10.2. The number of para-hydroxylation sites is 1. The molecule has 1 heterocycles. The Kier molecular flexibility index (Phi) is 10.7. The monoisotopic (exact) mass is 542 g/mol. The predicted molar refractivity (Wildman–Crippen MR) is 121 cm³/mol. The maximum absolute atomic E-state index is 12.4. The molecule has 0 unspecified atom stereocenters. The fraction of sp³-hybridized carbons (Fsp3) is 0.474. The molecule has 10 heteroatoms. The van der Waals surface area contributed by atoms with Crippen molar-refractivity contribution >= 4 is 41.3 Å². The molecule has 0 fully saturated rings. The van der Waals surface area contributed by atoms with E-state index in [1.165, 1.54) is 6.07 Å². The number of halogens is 4. The number of rotatable bonds is 8. The highest BCUT2D eigenvalue weighted by Gasteiger charge is 2.28. The largest absolute Gasteiger partial charge is 0.484 e. The number of alkyl halides is 3. The number of nitrogens with zero attached hydrogens (tertiary/aromatic N) is 2. The minimum atomic E-state index is -4.38. The minimum Gasteiger partial charge on any atom is -0.484 e. The van der Waals surface area contributed by atoms with Crippen molar-refractivity contribution in [3.05, 3.63) is 45.9 Å². The van der Waals surface area contributed by atoms with Crippen LogP contribution in [-0.4, -0.2) is 30.3 Å². The first-order chi connectivity index (χ1) is 13.3. The van der Waals surface area contributed by atoms with Crippen LogP contribution in [-0.2, 0) is 13.1 Å². The second-order valence-corrected chi connectivity index (χ2v) is 7.32. The van der Waals surface area contributed by atoms with Crippen molar-refractivity contribution in [1.29, 1.82) is 0 Å². The summed E-state index contributed by atoms with van der Waals surface area (Å²) in [4.78, 5) is 9.02. The first-order valence-electron chi connectivity index (χ1n) is 9.02. The molecule has 1 aromatic heterocycles. The van der Waals surface area contributed by atoms with Crippen LogP contribution in [0.3, 0.4) is 0 Å². The minimum absolute atomic E-state index is 0. The summed E-state index contributed by atoms with van der Waals surface area (Å²) in [6, 6.07) is 6.60. The number of aliphatic imine (C=N–C) groups is 1. The Morgan fingerprint density at radius 1 is 1.24 bits per heavy atom. The van der Waals surface area contributed by atoms with Gasteiger partial charge in [-0.25, -0.2) is 9.98 Å². The molecule has 2 aromatic rings. The lowest BCUT2D eigenvalue weighted by Gasteiger charge is -2.13. The molecule has 162 valence electrons. The highest BCUT2D eigenvalue weighted by molar-refractivity contribution is 14.0.